The van der Waals surface area contributed by atoms with Crippen LogP contribution in [0.15, 0.2) is 36.7 Å². The van der Waals surface area contributed by atoms with Crippen molar-refractivity contribution in [2.45, 2.75) is 25.6 Å². The van der Waals surface area contributed by atoms with Crippen molar-refractivity contribution < 1.29 is 19.0 Å². The number of morpholine rings is 1. The predicted molar refractivity (Wildman–Crippen MR) is 139 cm³/mol. The summed E-state index contributed by atoms with van der Waals surface area (Å²) in [6.07, 6.45) is 3.83. The Morgan fingerprint density at radius 3 is 3.00 bits per heavy atom. The first kappa shape index (κ1) is 24.4. The second-order valence-electron chi connectivity index (χ2n) is 9.05. The monoisotopic (exact) mass is 511 g/mol. The fourth-order valence-electron chi connectivity index (χ4n) is 4.71. The predicted octanol–water partition coefficient (Wildman–Crippen LogP) is 3.87. The molecule has 2 aliphatic heterocycles. The molecule has 3 N–H and O–H groups in total. The van der Waals surface area contributed by atoms with Crippen molar-refractivity contribution in [1.29, 1.82) is 0 Å². The lowest BCUT2D eigenvalue weighted by molar-refractivity contribution is -0.0689. The second kappa shape index (κ2) is 10.4. The van der Waals surface area contributed by atoms with Crippen LogP contribution in [0.3, 0.4) is 0 Å². The number of likely N-dealkylation sites (N-methyl/N-ethyl adjacent to an activating group) is 1. The largest absolute Gasteiger partial charge is 0.493 e. The summed E-state index contributed by atoms with van der Waals surface area (Å²) in [7, 11) is 3.64. The standard InChI is InChI=1S/C26H30ClN5O4/c1-15(21-14-32(2)11-12-35-21)36-20-13-28-9-7-16(20)23-24(22-18(30-23)8-10-29-26(22)33)31-19-6-4-5-17(27)25(19)34-3/h4-7,9,13,15,21,30-31H,8,10-12,14H2,1-3H3,(H,29,33). The molecule has 0 bridgehead atoms. The number of nitrogens with one attached hydrogen (secondary N) is 3. The van der Waals surface area contributed by atoms with Crippen molar-refractivity contribution in [3.8, 4) is 22.8 Å². The summed E-state index contributed by atoms with van der Waals surface area (Å²) in [4.78, 5) is 23.0. The average molecular weight is 512 g/mol. The first-order valence-corrected chi connectivity index (χ1v) is 12.4. The molecule has 36 heavy (non-hydrogen) atoms. The van der Waals surface area contributed by atoms with Gasteiger partial charge in [0.1, 0.15) is 18.0 Å². The first-order valence-electron chi connectivity index (χ1n) is 12.0. The third kappa shape index (κ3) is 4.74. The Kier molecular flexibility index (Phi) is 7.04. The summed E-state index contributed by atoms with van der Waals surface area (Å²) >= 11 is 6.37. The van der Waals surface area contributed by atoms with Crippen LogP contribution in [0.2, 0.25) is 5.02 Å². The lowest BCUT2D eigenvalue weighted by atomic mass is 10.0. The lowest BCUT2D eigenvalue weighted by Crippen LogP contribution is -2.46. The molecule has 9 nitrogen and oxygen atoms in total. The van der Waals surface area contributed by atoms with Crippen LogP contribution in [-0.2, 0) is 11.2 Å². The van der Waals surface area contributed by atoms with Crippen LogP contribution in [-0.4, -0.2) is 73.4 Å². The number of hydrogen-bond donors (Lipinski definition) is 3. The fourth-order valence-corrected chi connectivity index (χ4v) is 4.96. The van der Waals surface area contributed by atoms with Gasteiger partial charge in [-0.1, -0.05) is 17.7 Å². The smallest absolute Gasteiger partial charge is 0.255 e. The molecule has 0 aliphatic carbocycles. The summed E-state index contributed by atoms with van der Waals surface area (Å²) in [6.45, 7) is 4.93. The summed E-state index contributed by atoms with van der Waals surface area (Å²) in [5.41, 5.74) is 4.20. The van der Waals surface area contributed by atoms with Crippen molar-refractivity contribution in [2.24, 2.45) is 0 Å². The molecule has 1 saturated heterocycles. The highest BCUT2D eigenvalue weighted by Gasteiger charge is 2.30. The molecule has 2 unspecified atom stereocenters. The maximum absolute atomic E-state index is 13.0. The minimum Gasteiger partial charge on any atom is -0.493 e. The van der Waals surface area contributed by atoms with Crippen LogP contribution in [0.4, 0.5) is 11.4 Å². The molecule has 4 heterocycles. The molecule has 1 fully saturated rings. The van der Waals surface area contributed by atoms with Crippen molar-refractivity contribution >= 4 is 28.9 Å². The summed E-state index contributed by atoms with van der Waals surface area (Å²) in [5.74, 6) is 0.947. The summed E-state index contributed by atoms with van der Waals surface area (Å²) in [6, 6.07) is 7.33. The number of methoxy groups -OCH3 is 1. The number of aromatic nitrogens is 2. The number of carbonyl (C=O) groups excluding carboxylic acids is 1. The van der Waals surface area contributed by atoms with Gasteiger partial charge in [-0.25, -0.2) is 0 Å². The van der Waals surface area contributed by atoms with Gasteiger partial charge in [0.2, 0.25) is 0 Å². The van der Waals surface area contributed by atoms with Crippen LogP contribution in [0, 0.1) is 0 Å². The molecule has 2 atom stereocenters. The highest BCUT2D eigenvalue weighted by Crippen LogP contribution is 2.43. The van der Waals surface area contributed by atoms with E-state index >= 15 is 0 Å². The molecular weight excluding hydrogens is 482 g/mol. The maximum Gasteiger partial charge on any atom is 0.255 e. The highest BCUT2D eigenvalue weighted by atomic mass is 35.5. The van der Waals surface area contributed by atoms with Crippen LogP contribution in [0.25, 0.3) is 11.3 Å². The van der Waals surface area contributed by atoms with Gasteiger partial charge in [0.05, 0.1) is 47.6 Å². The molecule has 5 rings (SSSR count). The number of ether oxygens (including phenoxy) is 3. The number of amides is 1. The highest BCUT2D eigenvalue weighted by molar-refractivity contribution is 6.32. The van der Waals surface area contributed by atoms with E-state index in [0.29, 0.717) is 53.0 Å². The van der Waals surface area contributed by atoms with Gasteiger partial charge < -0.3 is 34.7 Å². The number of nitrogens with zero attached hydrogens (tertiary/aromatic N) is 2. The zero-order valence-electron chi connectivity index (χ0n) is 20.6. The van der Waals surface area contributed by atoms with Crippen molar-refractivity contribution in [1.82, 2.24) is 20.2 Å². The number of H-pyrrole nitrogens is 1. The molecule has 0 saturated carbocycles. The van der Waals surface area contributed by atoms with E-state index in [1.807, 2.05) is 25.1 Å². The lowest BCUT2D eigenvalue weighted by Gasteiger charge is -2.33. The van der Waals surface area contributed by atoms with E-state index in [-0.39, 0.29) is 18.1 Å². The molecular formula is C26H30ClN5O4. The molecule has 10 heteroatoms. The number of fused-ring (bicyclic) bond motifs is 1. The minimum atomic E-state index is -0.201. The third-order valence-corrected chi connectivity index (χ3v) is 6.88. The van der Waals surface area contributed by atoms with Gasteiger partial charge in [-0.15, -0.1) is 0 Å². The van der Waals surface area contributed by atoms with Crippen LogP contribution >= 0.6 is 11.6 Å². The Bertz CT molecular complexity index is 1260. The van der Waals surface area contributed by atoms with Crippen molar-refractivity contribution in [3.05, 3.63) is 52.9 Å². The van der Waals surface area contributed by atoms with Gasteiger partial charge in [0.15, 0.2) is 5.75 Å². The number of halogens is 1. The molecule has 1 amide bonds. The Labute approximate surface area is 215 Å². The average Bonchev–Trinajstić information content (AvgIpc) is 3.24. The normalized spacial score (nSPS) is 18.8. The molecule has 0 radical (unpaired) electrons. The topological polar surface area (TPSA) is 101 Å². The number of hydrogen-bond acceptors (Lipinski definition) is 7. The van der Waals surface area contributed by atoms with Gasteiger partial charge in [0.25, 0.3) is 5.91 Å². The van der Waals surface area contributed by atoms with E-state index in [2.05, 4.69) is 32.5 Å². The van der Waals surface area contributed by atoms with Gasteiger partial charge in [-0.05, 0) is 32.2 Å². The number of pyridine rings is 1. The van der Waals surface area contributed by atoms with Crippen LogP contribution in [0.1, 0.15) is 23.0 Å². The molecule has 2 aromatic heterocycles. The Balaban J connectivity index is 1.56. The van der Waals surface area contributed by atoms with E-state index in [0.717, 1.165) is 30.0 Å². The molecule has 0 spiro atoms. The van der Waals surface area contributed by atoms with Crippen LogP contribution in [0.5, 0.6) is 11.5 Å². The second-order valence-corrected chi connectivity index (χ2v) is 9.45. The number of carbonyl (C=O) groups is 1. The van der Waals surface area contributed by atoms with Crippen LogP contribution < -0.4 is 20.1 Å². The van der Waals surface area contributed by atoms with E-state index in [9.17, 15) is 4.79 Å². The number of aromatic amines is 1. The Hall–Kier alpha value is -3.27. The van der Waals surface area contributed by atoms with Gasteiger partial charge in [-0.2, -0.15) is 0 Å². The number of anilines is 2. The Morgan fingerprint density at radius 2 is 2.19 bits per heavy atom. The van der Waals surface area contributed by atoms with Crippen molar-refractivity contribution in [3.63, 3.8) is 0 Å². The Morgan fingerprint density at radius 1 is 1.33 bits per heavy atom. The van der Waals surface area contributed by atoms with Crippen molar-refractivity contribution in [2.75, 3.05) is 45.7 Å². The molecule has 3 aromatic rings. The number of rotatable bonds is 7. The minimum absolute atomic E-state index is 0.0623. The summed E-state index contributed by atoms with van der Waals surface area (Å²) < 4.78 is 17.9. The fraction of sp³-hybridized carbons (Fsp3) is 0.385. The first-order chi connectivity index (χ1) is 17.5. The number of para-hydroxylation sites is 1. The van der Waals surface area contributed by atoms with E-state index in [1.165, 1.54) is 0 Å². The maximum atomic E-state index is 13.0. The number of benzene rings is 1. The van der Waals surface area contributed by atoms with Gasteiger partial charge in [0, 0.05) is 43.5 Å². The summed E-state index contributed by atoms with van der Waals surface area (Å²) in [5, 5.41) is 6.82. The quantitative estimate of drug-likeness (QED) is 0.442. The van der Waals surface area contributed by atoms with Gasteiger partial charge in [-0.3, -0.25) is 9.78 Å². The molecule has 2 aliphatic rings. The van der Waals surface area contributed by atoms with E-state index in [4.69, 9.17) is 25.8 Å². The van der Waals surface area contributed by atoms with Gasteiger partial charge >= 0.3 is 0 Å². The van der Waals surface area contributed by atoms with E-state index in [1.54, 1.807) is 25.6 Å². The molecule has 1 aromatic carbocycles. The molecule has 190 valence electrons. The SMILES string of the molecule is COc1c(Cl)cccc1Nc1c(-c2ccncc2OC(C)C2CN(C)CCO2)[nH]c2c1C(=O)NCC2. The third-order valence-electron chi connectivity index (χ3n) is 6.58. The zero-order valence-corrected chi connectivity index (χ0v) is 21.3. The zero-order chi connectivity index (χ0) is 25.2. The van der Waals surface area contributed by atoms with E-state index < -0.39 is 0 Å².